The number of fused-ring (bicyclic) bond motifs is 1. The molecular weight excluding hydrogens is 228 g/mol. The number of rotatable bonds is 2. The second kappa shape index (κ2) is 4.33. The van der Waals surface area contributed by atoms with Gasteiger partial charge in [0, 0.05) is 5.39 Å². The molecule has 15 heavy (non-hydrogen) atoms. The van der Waals surface area contributed by atoms with Crippen LogP contribution in [0.1, 0.15) is 0 Å². The Morgan fingerprint density at radius 3 is 2.53 bits per heavy atom. The molecule has 0 aliphatic heterocycles. The van der Waals surface area contributed by atoms with Crippen LogP contribution < -0.4 is 4.18 Å². The maximum Gasteiger partial charge on any atom is 0.213 e. The zero-order valence-electron chi connectivity index (χ0n) is 8.66. The lowest BCUT2D eigenvalue weighted by atomic mass is 10.1. The standard InChI is InChI=1S/C12H12ClOS/c1-15(2)14-12-10-6-4-3-5-9(10)7-8-11(12)13/h3-8H,1-2H3/q+1. The fraction of sp³-hybridized carbons (Fsp3) is 0.167. The van der Waals surface area contributed by atoms with Crippen LogP contribution in [0.5, 0.6) is 5.75 Å². The Balaban J connectivity index is 2.63. The fourth-order valence-corrected chi connectivity index (χ4v) is 2.23. The van der Waals surface area contributed by atoms with Gasteiger partial charge in [0.05, 0.1) is 5.02 Å². The van der Waals surface area contributed by atoms with E-state index in [9.17, 15) is 0 Å². The van der Waals surface area contributed by atoms with Gasteiger partial charge in [-0.3, -0.25) is 4.18 Å². The molecule has 0 unspecified atom stereocenters. The predicted molar refractivity (Wildman–Crippen MR) is 68.8 cm³/mol. The van der Waals surface area contributed by atoms with Crippen molar-refractivity contribution in [3.8, 4) is 5.75 Å². The first-order valence-electron chi connectivity index (χ1n) is 4.61. The maximum atomic E-state index is 6.13. The van der Waals surface area contributed by atoms with Gasteiger partial charge in [0.15, 0.2) is 11.2 Å². The molecule has 0 radical (unpaired) electrons. The van der Waals surface area contributed by atoms with Crippen molar-refractivity contribution in [3.05, 3.63) is 41.4 Å². The Morgan fingerprint density at radius 2 is 1.80 bits per heavy atom. The molecule has 0 aromatic heterocycles. The molecule has 0 amide bonds. The SMILES string of the molecule is C[S+](C)Oc1c(Cl)ccc2ccccc12. The van der Waals surface area contributed by atoms with E-state index in [0.29, 0.717) is 5.02 Å². The van der Waals surface area contributed by atoms with Gasteiger partial charge in [-0.2, -0.15) is 0 Å². The molecule has 0 saturated carbocycles. The van der Waals surface area contributed by atoms with Crippen molar-refractivity contribution in [2.24, 2.45) is 0 Å². The summed E-state index contributed by atoms with van der Waals surface area (Å²) in [5, 5.41) is 2.91. The summed E-state index contributed by atoms with van der Waals surface area (Å²) in [6.07, 6.45) is 4.05. The summed E-state index contributed by atoms with van der Waals surface area (Å²) < 4.78 is 5.75. The summed E-state index contributed by atoms with van der Waals surface area (Å²) in [5.74, 6) is 0.795. The summed E-state index contributed by atoms with van der Waals surface area (Å²) in [5.41, 5.74) is 0. The lowest BCUT2D eigenvalue weighted by Gasteiger charge is -2.06. The quantitative estimate of drug-likeness (QED) is 0.727. The van der Waals surface area contributed by atoms with Crippen molar-refractivity contribution < 1.29 is 4.18 Å². The van der Waals surface area contributed by atoms with E-state index >= 15 is 0 Å². The summed E-state index contributed by atoms with van der Waals surface area (Å²) in [6, 6.07) is 12.0. The van der Waals surface area contributed by atoms with Crippen molar-refractivity contribution in [2.45, 2.75) is 0 Å². The maximum absolute atomic E-state index is 6.13. The van der Waals surface area contributed by atoms with E-state index in [0.717, 1.165) is 16.5 Å². The van der Waals surface area contributed by atoms with Crippen LogP contribution in [-0.2, 0) is 11.2 Å². The molecule has 1 nitrogen and oxygen atoms in total. The Hall–Kier alpha value is -0.860. The summed E-state index contributed by atoms with van der Waals surface area (Å²) >= 11 is 6.01. The van der Waals surface area contributed by atoms with Crippen LogP contribution in [-0.4, -0.2) is 12.5 Å². The third kappa shape index (κ3) is 2.21. The Labute approximate surface area is 97.6 Å². The van der Waals surface area contributed by atoms with Crippen molar-refractivity contribution in [3.63, 3.8) is 0 Å². The van der Waals surface area contributed by atoms with Gasteiger partial charge in [-0.1, -0.05) is 41.9 Å². The molecule has 2 aromatic rings. The Morgan fingerprint density at radius 1 is 1.07 bits per heavy atom. The molecule has 78 valence electrons. The summed E-state index contributed by atoms with van der Waals surface area (Å²) in [6.45, 7) is 0. The monoisotopic (exact) mass is 239 g/mol. The number of halogens is 1. The average Bonchev–Trinajstić information content (AvgIpc) is 2.22. The molecule has 0 heterocycles. The molecular formula is C12H12ClOS+. The molecule has 0 aliphatic rings. The molecule has 3 heteroatoms. The Bertz CT molecular complexity index is 482. The minimum Gasteiger partial charge on any atom is -0.284 e. The molecule has 0 atom stereocenters. The van der Waals surface area contributed by atoms with E-state index in [2.05, 4.69) is 6.07 Å². The van der Waals surface area contributed by atoms with Crippen molar-refractivity contribution in [2.75, 3.05) is 12.5 Å². The van der Waals surface area contributed by atoms with Crippen LogP contribution in [0.3, 0.4) is 0 Å². The van der Waals surface area contributed by atoms with Crippen molar-refractivity contribution in [1.29, 1.82) is 0 Å². The highest BCUT2D eigenvalue weighted by molar-refractivity contribution is 7.91. The largest absolute Gasteiger partial charge is 0.284 e. The van der Waals surface area contributed by atoms with Crippen LogP contribution >= 0.6 is 11.6 Å². The van der Waals surface area contributed by atoms with Crippen LogP contribution in [0.15, 0.2) is 36.4 Å². The van der Waals surface area contributed by atoms with Gasteiger partial charge in [0.1, 0.15) is 12.5 Å². The lowest BCUT2D eigenvalue weighted by molar-refractivity contribution is 0.643. The molecule has 0 bridgehead atoms. The topological polar surface area (TPSA) is 9.23 Å². The van der Waals surface area contributed by atoms with Crippen LogP contribution in [0.25, 0.3) is 10.8 Å². The second-order valence-electron chi connectivity index (χ2n) is 3.42. The van der Waals surface area contributed by atoms with E-state index in [1.807, 2.05) is 42.8 Å². The molecule has 2 aromatic carbocycles. The summed E-state index contributed by atoms with van der Waals surface area (Å²) in [4.78, 5) is 0. The molecule has 0 fully saturated rings. The lowest BCUT2D eigenvalue weighted by Crippen LogP contribution is -2.05. The average molecular weight is 240 g/mol. The van der Waals surface area contributed by atoms with Crippen molar-refractivity contribution in [1.82, 2.24) is 0 Å². The summed E-state index contributed by atoms with van der Waals surface area (Å²) in [7, 11) is 0. The van der Waals surface area contributed by atoms with Crippen LogP contribution in [0.4, 0.5) is 0 Å². The third-order valence-electron chi connectivity index (χ3n) is 2.08. The first kappa shape index (κ1) is 10.7. The third-order valence-corrected chi connectivity index (χ3v) is 2.88. The van der Waals surface area contributed by atoms with Gasteiger partial charge in [-0.05, 0) is 11.5 Å². The minimum atomic E-state index is -0.117. The van der Waals surface area contributed by atoms with E-state index in [1.165, 1.54) is 0 Å². The highest BCUT2D eigenvalue weighted by Gasteiger charge is 2.14. The molecule has 0 spiro atoms. The zero-order chi connectivity index (χ0) is 10.8. The smallest absolute Gasteiger partial charge is 0.213 e. The van der Waals surface area contributed by atoms with Crippen molar-refractivity contribution >= 4 is 33.5 Å². The minimum absolute atomic E-state index is 0.117. The highest BCUT2D eigenvalue weighted by atomic mass is 35.5. The molecule has 0 N–H and O–H groups in total. The van der Waals surface area contributed by atoms with Gasteiger partial charge in [0.2, 0.25) is 5.75 Å². The van der Waals surface area contributed by atoms with Gasteiger partial charge in [-0.25, -0.2) is 0 Å². The first-order valence-corrected chi connectivity index (χ1v) is 6.96. The number of benzene rings is 2. The molecule has 0 saturated heterocycles. The van der Waals surface area contributed by atoms with Gasteiger partial charge in [0.25, 0.3) is 0 Å². The molecule has 2 rings (SSSR count). The van der Waals surface area contributed by atoms with Gasteiger partial charge >= 0.3 is 0 Å². The van der Waals surface area contributed by atoms with Gasteiger partial charge in [-0.15, -0.1) is 0 Å². The zero-order valence-corrected chi connectivity index (χ0v) is 10.2. The van der Waals surface area contributed by atoms with E-state index in [4.69, 9.17) is 15.8 Å². The fourth-order valence-electron chi connectivity index (χ4n) is 1.47. The van der Waals surface area contributed by atoms with E-state index in [1.54, 1.807) is 0 Å². The second-order valence-corrected chi connectivity index (χ2v) is 5.48. The van der Waals surface area contributed by atoms with Gasteiger partial charge < -0.3 is 0 Å². The van der Waals surface area contributed by atoms with E-state index < -0.39 is 0 Å². The first-order chi connectivity index (χ1) is 7.18. The molecule has 0 aliphatic carbocycles. The highest BCUT2D eigenvalue weighted by Crippen LogP contribution is 2.34. The number of hydrogen-bond donors (Lipinski definition) is 0. The van der Waals surface area contributed by atoms with E-state index in [-0.39, 0.29) is 11.2 Å². The Kier molecular flexibility index (Phi) is 3.08. The van der Waals surface area contributed by atoms with Crippen LogP contribution in [0, 0.1) is 0 Å². The van der Waals surface area contributed by atoms with Crippen LogP contribution in [0.2, 0.25) is 5.02 Å². The predicted octanol–water partition coefficient (Wildman–Crippen LogP) is 3.66. The number of hydrogen-bond acceptors (Lipinski definition) is 1. The normalized spacial score (nSPS) is 10.9.